The van der Waals surface area contributed by atoms with E-state index >= 15 is 0 Å². The number of para-hydroxylation sites is 2. The Morgan fingerprint density at radius 1 is 1.37 bits per heavy atom. The van der Waals surface area contributed by atoms with E-state index in [0.717, 1.165) is 0 Å². The molecule has 0 fully saturated rings. The van der Waals surface area contributed by atoms with E-state index in [9.17, 15) is 8.42 Å². The normalized spacial score (nSPS) is 12.7. The highest BCUT2D eigenvalue weighted by Gasteiger charge is 2.20. The molecule has 6 nitrogen and oxygen atoms in total. The van der Waals surface area contributed by atoms with Crippen molar-refractivity contribution in [3.63, 3.8) is 0 Å². The van der Waals surface area contributed by atoms with Gasteiger partial charge in [0.05, 0.1) is 6.54 Å². The maximum absolute atomic E-state index is 11.9. The predicted molar refractivity (Wildman–Crippen MR) is 72.7 cm³/mol. The standard InChI is InChI=1S/C12H17N3O3S/c1-9(2)15(3)19(16,17)13-8-12-14-10-6-4-5-7-11(10)18-12/h4-7,9,13H,8H2,1-3H3. The average Bonchev–Trinajstić information content (AvgIpc) is 2.78. The second-order valence-electron chi connectivity index (χ2n) is 4.51. The molecule has 1 aromatic carbocycles. The van der Waals surface area contributed by atoms with Gasteiger partial charge in [-0.25, -0.2) is 4.98 Å². The van der Waals surface area contributed by atoms with E-state index in [0.29, 0.717) is 17.0 Å². The highest BCUT2D eigenvalue weighted by molar-refractivity contribution is 7.87. The average molecular weight is 283 g/mol. The number of hydrogen-bond acceptors (Lipinski definition) is 4. The molecule has 0 amide bonds. The smallest absolute Gasteiger partial charge is 0.279 e. The summed E-state index contributed by atoms with van der Waals surface area (Å²) in [5.74, 6) is 0.349. The predicted octanol–water partition coefficient (Wildman–Crippen LogP) is 1.50. The summed E-state index contributed by atoms with van der Waals surface area (Å²) >= 11 is 0. The van der Waals surface area contributed by atoms with Gasteiger partial charge in [0.1, 0.15) is 5.52 Å². The third-order valence-corrected chi connectivity index (χ3v) is 4.54. The van der Waals surface area contributed by atoms with E-state index in [2.05, 4.69) is 9.71 Å². The van der Waals surface area contributed by atoms with Crippen LogP contribution in [0.2, 0.25) is 0 Å². The quantitative estimate of drug-likeness (QED) is 0.902. The minimum Gasteiger partial charge on any atom is -0.439 e. The van der Waals surface area contributed by atoms with Crippen molar-refractivity contribution in [2.24, 2.45) is 0 Å². The minimum atomic E-state index is -3.51. The van der Waals surface area contributed by atoms with Crippen LogP contribution in [0.15, 0.2) is 28.7 Å². The molecule has 19 heavy (non-hydrogen) atoms. The molecule has 0 aliphatic heterocycles. The zero-order valence-corrected chi connectivity index (χ0v) is 11.9. The Hall–Kier alpha value is -1.44. The van der Waals surface area contributed by atoms with Crippen LogP contribution in [-0.4, -0.2) is 30.8 Å². The lowest BCUT2D eigenvalue weighted by molar-refractivity contribution is 0.398. The first-order valence-corrected chi connectivity index (χ1v) is 7.41. The number of rotatable bonds is 5. The number of benzene rings is 1. The number of fused-ring (bicyclic) bond motifs is 1. The van der Waals surface area contributed by atoms with Gasteiger partial charge in [0.25, 0.3) is 10.2 Å². The lowest BCUT2D eigenvalue weighted by atomic mass is 10.3. The zero-order chi connectivity index (χ0) is 14.0. The fourth-order valence-corrected chi connectivity index (χ4v) is 2.59. The Bertz CT molecular complexity index is 631. The molecule has 0 aliphatic rings. The van der Waals surface area contributed by atoms with Gasteiger partial charge in [-0.1, -0.05) is 12.1 Å². The number of oxazole rings is 1. The van der Waals surface area contributed by atoms with Crippen LogP contribution in [0.3, 0.4) is 0 Å². The van der Waals surface area contributed by atoms with E-state index in [1.54, 1.807) is 19.9 Å². The highest BCUT2D eigenvalue weighted by Crippen LogP contribution is 2.14. The van der Waals surface area contributed by atoms with Crippen molar-refractivity contribution in [3.05, 3.63) is 30.2 Å². The highest BCUT2D eigenvalue weighted by atomic mass is 32.2. The molecule has 1 heterocycles. The van der Waals surface area contributed by atoms with Crippen LogP contribution in [-0.2, 0) is 16.8 Å². The monoisotopic (exact) mass is 283 g/mol. The summed E-state index contributed by atoms with van der Waals surface area (Å²) in [5, 5.41) is 0. The molecule has 1 aromatic heterocycles. The molecule has 0 saturated heterocycles. The molecule has 0 atom stereocenters. The van der Waals surface area contributed by atoms with Crippen molar-refractivity contribution < 1.29 is 12.8 Å². The van der Waals surface area contributed by atoms with Gasteiger partial charge in [-0.2, -0.15) is 17.4 Å². The van der Waals surface area contributed by atoms with Gasteiger partial charge >= 0.3 is 0 Å². The Balaban J connectivity index is 2.10. The molecular formula is C12H17N3O3S. The van der Waals surface area contributed by atoms with Crippen LogP contribution in [0.4, 0.5) is 0 Å². The topological polar surface area (TPSA) is 75.4 Å². The molecular weight excluding hydrogens is 266 g/mol. The van der Waals surface area contributed by atoms with Crippen LogP contribution in [0.1, 0.15) is 19.7 Å². The molecule has 0 unspecified atom stereocenters. The van der Waals surface area contributed by atoms with Gasteiger partial charge in [-0.15, -0.1) is 0 Å². The molecule has 0 radical (unpaired) electrons. The van der Waals surface area contributed by atoms with Gasteiger partial charge in [0, 0.05) is 13.1 Å². The molecule has 2 aromatic rings. The van der Waals surface area contributed by atoms with E-state index in [-0.39, 0.29) is 12.6 Å². The first-order chi connectivity index (χ1) is 8.90. The summed E-state index contributed by atoms with van der Waals surface area (Å²) in [4.78, 5) is 4.21. The van der Waals surface area contributed by atoms with Crippen molar-refractivity contribution >= 4 is 21.3 Å². The van der Waals surface area contributed by atoms with E-state index < -0.39 is 10.2 Å². The van der Waals surface area contributed by atoms with Gasteiger partial charge in [0.15, 0.2) is 5.58 Å². The maximum Gasteiger partial charge on any atom is 0.279 e. The lowest BCUT2D eigenvalue weighted by Crippen LogP contribution is -2.41. The summed E-state index contributed by atoms with van der Waals surface area (Å²) in [7, 11) is -1.98. The Morgan fingerprint density at radius 2 is 2.05 bits per heavy atom. The minimum absolute atomic E-state index is 0.0358. The van der Waals surface area contributed by atoms with Crippen molar-refractivity contribution in [3.8, 4) is 0 Å². The maximum atomic E-state index is 11.9. The lowest BCUT2D eigenvalue weighted by Gasteiger charge is -2.20. The fourth-order valence-electron chi connectivity index (χ4n) is 1.53. The van der Waals surface area contributed by atoms with E-state index in [1.807, 2.05) is 18.2 Å². The van der Waals surface area contributed by atoms with Crippen LogP contribution in [0.5, 0.6) is 0 Å². The first-order valence-electron chi connectivity index (χ1n) is 5.97. The van der Waals surface area contributed by atoms with E-state index in [1.165, 1.54) is 11.4 Å². The Morgan fingerprint density at radius 3 is 2.68 bits per heavy atom. The number of aromatic nitrogens is 1. The molecule has 1 N–H and O–H groups in total. The molecule has 0 bridgehead atoms. The summed E-state index contributed by atoms with van der Waals surface area (Å²) in [6.07, 6.45) is 0. The largest absolute Gasteiger partial charge is 0.439 e. The fraction of sp³-hybridized carbons (Fsp3) is 0.417. The Kier molecular flexibility index (Phi) is 3.88. The van der Waals surface area contributed by atoms with Crippen molar-refractivity contribution in [1.82, 2.24) is 14.0 Å². The SMILES string of the molecule is CC(C)N(C)S(=O)(=O)NCc1nc2ccccc2o1. The number of nitrogens with one attached hydrogen (secondary N) is 1. The summed E-state index contributed by atoms with van der Waals surface area (Å²) in [6, 6.07) is 7.19. The molecule has 104 valence electrons. The molecule has 0 aliphatic carbocycles. The van der Waals surface area contributed by atoms with Crippen LogP contribution < -0.4 is 4.72 Å². The molecule has 2 rings (SSSR count). The number of nitrogens with zero attached hydrogens (tertiary/aromatic N) is 2. The van der Waals surface area contributed by atoms with Gasteiger partial charge in [-0.05, 0) is 26.0 Å². The molecule has 0 spiro atoms. The van der Waals surface area contributed by atoms with Crippen molar-refractivity contribution in [2.75, 3.05) is 7.05 Å². The third-order valence-electron chi connectivity index (χ3n) is 2.85. The van der Waals surface area contributed by atoms with Crippen molar-refractivity contribution in [2.45, 2.75) is 26.4 Å². The van der Waals surface area contributed by atoms with Gasteiger partial charge in [0.2, 0.25) is 5.89 Å². The second kappa shape index (κ2) is 5.28. The first kappa shape index (κ1) is 14.0. The van der Waals surface area contributed by atoms with Gasteiger partial charge < -0.3 is 4.42 Å². The van der Waals surface area contributed by atoms with Crippen molar-refractivity contribution in [1.29, 1.82) is 0 Å². The van der Waals surface area contributed by atoms with Crippen LogP contribution >= 0.6 is 0 Å². The molecule has 0 saturated carbocycles. The molecule has 7 heteroatoms. The van der Waals surface area contributed by atoms with E-state index in [4.69, 9.17) is 4.42 Å². The third kappa shape index (κ3) is 3.12. The van der Waals surface area contributed by atoms with Crippen LogP contribution in [0.25, 0.3) is 11.1 Å². The second-order valence-corrected chi connectivity index (χ2v) is 6.33. The zero-order valence-electron chi connectivity index (χ0n) is 11.1. The number of hydrogen-bond donors (Lipinski definition) is 1. The van der Waals surface area contributed by atoms with Crippen LogP contribution in [0, 0.1) is 0 Å². The summed E-state index contributed by atoms with van der Waals surface area (Å²) in [6.45, 7) is 3.64. The Labute approximate surface area is 112 Å². The summed E-state index contributed by atoms with van der Waals surface area (Å²) < 4.78 is 33.0. The summed E-state index contributed by atoms with van der Waals surface area (Å²) in [5.41, 5.74) is 1.36. The van der Waals surface area contributed by atoms with Gasteiger partial charge in [-0.3, -0.25) is 0 Å².